The molecule has 8 heteroatoms. The molecule has 2 aromatic carbocycles. The Kier molecular flexibility index (Phi) is 4.25. The van der Waals surface area contributed by atoms with Crippen LogP contribution in [0.15, 0.2) is 59.0 Å². The summed E-state index contributed by atoms with van der Waals surface area (Å²) in [5.74, 6) is 1.24. The molecule has 2 heterocycles. The smallest absolute Gasteiger partial charge is 0.231 e. The third-order valence-corrected chi connectivity index (χ3v) is 5.07. The maximum Gasteiger partial charge on any atom is 0.231 e. The molecule has 0 bridgehead atoms. The molecule has 0 unspecified atom stereocenters. The summed E-state index contributed by atoms with van der Waals surface area (Å²) in [5.41, 5.74) is 10.4. The number of rotatable bonds is 5. The molecule has 0 fully saturated rings. The van der Waals surface area contributed by atoms with Crippen molar-refractivity contribution in [1.29, 1.82) is 10.8 Å². The van der Waals surface area contributed by atoms with Crippen LogP contribution in [0.2, 0.25) is 0 Å². The van der Waals surface area contributed by atoms with E-state index in [0.717, 1.165) is 11.0 Å². The number of anilines is 3. The maximum absolute atomic E-state index is 8.45. The first kappa shape index (κ1) is 18.6. The van der Waals surface area contributed by atoms with Gasteiger partial charge in [-0.15, -0.1) is 0 Å². The minimum atomic E-state index is 0.242. The number of nitrogens with zero attached hydrogens (tertiary/aromatic N) is 2. The van der Waals surface area contributed by atoms with E-state index in [-0.39, 0.29) is 11.7 Å². The van der Waals surface area contributed by atoms with E-state index >= 15 is 0 Å². The maximum atomic E-state index is 8.45. The summed E-state index contributed by atoms with van der Waals surface area (Å²) in [6, 6.07) is 14.9. The van der Waals surface area contributed by atoms with Gasteiger partial charge in [0.05, 0.1) is 18.4 Å². The quantitative estimate of drug-likeness (QED) is 0.285. The van der Waals surface area contributed by atoms with E-state index < -0.39 is 0 Å². The molecule has 0 radical (unpaired) electrons. The van der Waals surface area contributed by atoms with Crippen molar-refractivity contribution < 1.29 is 9.15 Å². The minimum Gasteiger partial charge on any atom is -0.480 e. The van der Waals surface area contributed by atoms with Crippen molar-refractivity contribution in [2.24, 2.45) is 0 Å². The normalized spacial score (nSPS) is 12.5. The van der Waals surface area contributed by atoms with E-state index in [1.165, 1.54) is 13.3 Å². The summed E-state index contributed by atoms with van der Waals surface area (Å²) in [7, 11) is 1.53. The van der Waals surface area contributed by atoms with Gasteiger partial charge in [0.1, 0.15) is 17.0 Å². The van der Waals surface area contributed by atoms with E-state index in [9.17, 15) is 0 Å². The van der Waals surface area contributed by atoms with Crippen molar-refractivity contribution in [3.05, 3.63) is 77.2 Å². The van der Waals surface area contributed by atoms with Crippen LogP contribution in [0, 0.1) is 10.8 Å². The molecule has 0 saturated carbocycles. The summed E-state index contributed by atoms with van der Waals surface area (Å²) in [5, 5.41) is 20.0. The molecule has 4 aromatic rings. The van der Waals surface area contributed by atoms with Crippen LogP contribution in [0.5, 0.6) is 5.88 Å². The SMILES string of the molecule is COc1nc(Nc2ccc(N)c(C=N)c2)nc2c1C(c1cc3ccccc3o1)=CC2=N. The van der Waals surface area contributed by atoms with E-state index in [1.807, 2.05) is 30.3 Å². The number of para-hydroxylation sites is 1. The number of ether oxygens (including phenoxy) is 1. The van der Waals surface area contributed by atoms with Crippen molar-refractivity contribution in [1.82, 2.24) is 9.97 Å². The lowest BCUT2D eigenvalue weighted by Crippen LogP contribution is -2.07. The second kappa shape index (κ2) is 7.10. The number of methoxy groups -OCH3 is 1. The van der Waals surface area contributed by atoms with Crippen LogP contribution in [0.25, 0.3) is 16.5 Å². The average molecular weight is 410 g/mol. The van der Waals surface area contributed by atoms with Crippen molar-refractivity contribution in [3.8, 4) is 5.88 Å². The van der Waals surface area contributed by atoms with Gasteiger partial charge in [-0.3, -0.25) is 5.41 Å². The van der Waals surface area contributed by atoms with Crippen LogP contribution in [0.1, 0.15) is 22.6 Å². The van der Waals surface area contributed by atoms with Gasteiger partial charge < -0.3 is 25.6 Å². The lowest BCUT2D eigenvalue weighted by atomic mass is 10.1. The predicted octanol–water partition coefficient (Wildman–Crippen LogP) is 4.37. The molecule has 5 rings (SSSR count). The van der Waals surface area contributed by atoms with Gasteiger partial charge in [-0.05, 0) is 36.4 Å². The number of benzene rings is 2. The Morgan fingerprint density at radius 1 is 1.13 bits per heavy atom. The molecule has 0 saturated heterocycles. The van der Waals surface area contributed by atoms with Gasteiger partial charge in [0.2, 0.25) is 11.8 Å². The second-order valence-corrected chi connectivity index (χ2v) is 7.01. The molecular weight excluding hydrogens is 392 g/mol. The molecule has 1 aliphatic rings. The van der Waals surface area contributed by atoms with Crippen LogP contribution < -0.4 is 15.8 Å². The fourth-order valence-corrected chi connectivity index (χ4v) is 3.58. The van der Waals surface area contributed by atoms with E-state index in [1.54, 1.807) is 24.3 Å². The largest absolute Gasteiger partial charge is 0.480 e. The highest BCUT2D eigenvalue weighted by Crippen LogP contribution is 2.39. The molecule has 1 aliphatic carbocycles. The van der Waals surface area contributed by atoms with Gasteiger partial charge in [-0.25, -0.2) is 4.98 Å². The predicted molar refractivity (Wildman–Crippen MR) is 121 cm³/mol. The third-order valence-electron chi connectivity index (χ3n) is 5.07. The van der Waals surface area contributed by atoms with Crippen LogP contribution in [0.4, 0.5) is 17.3 Å². The fraction of sp³-hybridized carbons (Fsp3) is 0.0435. The molecule has 0 amide bonds. The van der Waals surface area contributed by atoms with E-state index in [2.05, 4.69) is 15.3 Å². The number of nitrogens with one attached hydrogen (secondary N) is 3. The first-order chi connectivity index (χ1) is 15.1. The van der Waals surface area contributed by atoms with Gasteiger partial charge in [-0.1, -0.05) is 18.2 Å². The molecule has 152 valence electrons. The molecule has 0 atom stereocenters. The number of allylic oxidation sites excluding steroid dienone is 1. The Labute approximate surface area is 177 Å². The second-order valence-electron chi connectivity index (χ2n) is 7.01. The number of fused-ring (bicyclic) bond motifs is 2. The lowest BCUT2D eigenvalue weighted by Gasteiger charge is -2.12. The molecular formula is C23H18N6O2. The van der Waals surface area contributed by atoms with Gasteiger partial charge in [-0.2, -0.15) is 4.98 Å². The van der Waals surface area contributed by atoms with E-state index in [4.69, 9.17) is 25.7 Å². The number of hydrogen-bond donors (Lipinski definition) is 4. The highest BCUT2D eigenvalue weighted by molar-refractivity contribution is 6.19. The van der Waals surface area contributed by atoms with Gasteiger partial charge in [0, 0.05) is 34.1 Å². The Morgan fingerprint density at radius 3 is 2.74 bits per heavy atom. The first-order valence-corrected chi connectivity index (χ1v) is 9.50. The molecule has 2 aromatic heterocycles. The number of nitrogens with two attached hydrogens (primary N) is 1. The molecule has 0 spiro atoms. The zero-order chi connectivity index (χ0) is 21.5. The Bertz CT molecular complexity index is 1370. The average Bonchev–Trinajstić information content (AvgIpc) is 3.36. The number of nitrogen functional groups attached to an aromatic ring is 1. The first-order valence-electron chi connectivity index (χ1n) is 9.50. The van der Waals surface area contributed by atoms with Crippen LogP contribution >= 0.6 is 0 Å². The topological polar surface area (TPSA) is 134 Å². The van der Waals surface area contributed by atoms with Crippen LogP contribution in [-0.2, 0) is 0 Å². The number of furan rings is 1. The zero-order valence-electron chi connectivity index (χ0n) is 16.6. The van der Waals surface area contributed by atoms with Crippen molar-refractivity contribution in [3.63, 3.8) is 0 Å². The number of hydrogen-bond acceptors (Lipinski definition) is 8. The summed E-state index contributed by atoms with van der Waals surface area (Å²) >= 11 is 0. The summed E-state index contributed by atoms with van der Waals surface area (Å²) in [6.45, 7) is 0. The Balaban J connectivity index is 1.56. The Morgan fingerprint density at radius 2 is 1.97 bits per heavy atom. The van der Waals surface area contributed by atoms with E-state index in [0.29, 0.717) is 45.4 Å². The molecule has 0 aliphatic heterocycles. The number of aromatic nitrogens is 2. The highest BCUT2D eigenvalue weighted by atomic mass is 16.5. The van der Waals surface area contributed by atoms with Gasteiger partial charge in [0.15, 0.2) is 0 Å². The molecule has 8 nitrogen and oxygen atoms in total. The Hall–Kier alpha value is -4.46. The summed E-state index contributed by atoms with van der Waals surface area (Å²) < 4.78 is 11.5. The van der Waals surface area contributed by atoms with Crippen LogP contribution in [0.3, 0.4) is 0 Å². The standard InChI is InChI=1S/C23H18N6O2/c1-30-22-20-15(19-9-12-4-2-3-5-18(12)31-19)10-17(26)21(20)28-23(29-22)27-14-6-7-16(25)13(8-14)11-24/h2-11,24,26H,25H2,1H3,(H,27,28,29). The highest BCUT2D eigenvalue weighted by Gasteiger charge is 2.29. The van der Waals surface area contributed by atoms with Gasteiger partial charge in [0.25, 0.3) is 0 Å². The lowest BCUT2D eigenvalue weighted by molar-refractivity contribution is 0.396. The van der Waals surface area contributed by atoms with Crippen molar-refractivity contribution >= 4 is 45.8 Å². The van der Waals surface area contributed by atoms with Crippen molar-refractivity contribution in [2.45, 2.75) is 0 Å². The van der Waals surface area contributed by atoms with Gasteiger partial charge >= 0.3 is 0 Å². The third kappa shape index (κ3) is 3.10. The van der Waals surface area contributed by atoms with Crippen LogP contribution in [-0.4, -0.2) is 29.0 Å². The summed E-state index contributed by atoms with van der Waals surface area (Å²) in [4.78, 5) is 9.03. The zero-order valence-corrected chi connectivity index (χ0v) is 16.6. The fourth-order valence-electron chi connectivity index (χ4n) is 3.58. The van der Waals surface area contributed by atoms with Crippen molar-refractivity contribution in [2.75, 3.05) is 18.2 Å². The summed E-state index contributed by atoms with van der Waals surface area (Å²) in [6.07, 6.45) is 2.89. The molecule has 31 heavy (non-hydrogen) atoms. The monoisotopic (exact) mass is 410 g/mol. The minimum absolute atomic E-state index is 0.242. The molecule has 5 N–H and O–H groups in total.